The van der Waals surface area contributed by atoms with E-state index in [1.165, 1.54) is 11.0 Å². The number of nitrogens with one attached hydrogen (secondary N) is 2. The third-order valence-electron chi connectivity index (χ3n) is 6.67. The Labute approximate surface area is 197 Å². The molecule has 0 radical (unpaired) electrons. The summed E-state index contributed by atoms with van der Waals surface area (Å²) < 4.78 is 20.0. The number of fused-ring (bicyclic) bond motifs is 1. The Morgan fingerprint density at radius 3 is 2.74 bits per heavy atom. The molecule has 8 nitrogen and oxygen atoms in total. The number of amides is 3. The standard InChI is InChI=1S/C25H27FN4O4/c26-20-5-4-16(14-29-8-10-34-11-9-29)12-17(20)13-27-21-3-1-2-18-19(21)15-30(25(18)33)22-6-7-23(31)28-24(22)32/h1-5,12,22,27H,6-11,13-15H2,(H,28,31,32)/t22-/m1/s1. The Hall–Kier alpha value is -3.30. The summed E-state index contributed by atoms with van der Waals surface area (Å²) in [5, 5.41) is 5.60. The lowest BCUT2D eigenvalue weighted by atomic mass is 10.0. The van der Waals surface area contributed by atoms with Gasteiger partial charge in [-0.2, -0.15) is 0 Å². The number of carbonyl (C=O) groups excluding carboxylic acids is 3. The number of rotatable bonds is 6. The van der Waals surface area contributed by atoms with E-state index >= 15 is 0 Å². The van der Waals surface area contributed by atoms with E-state index in [1.54, 1.807) is 12.1 Å². The van der Waals surface area contributed by atoms with E-state index in [0.717, 1.165) is 36.4 Å². The van der Waals surface area contributed by atoms with Gasteiger partial charge in [0.05, 0.1) is 13.2 Å². The molecule has 0 bridgehead atoms. The molecule has 3 amide bonds. The van der Waals surface area contributed by atoms with Crippen LogP contribution in [-0.4, -0.2) is 59.9 Å². The molecule has 0 unspecified atom stereocenters. The van der Waals surface area contributed by atoms with Gasteiger partial charge in [0.1, 0.15) is 11.9 Å². The molecule has 2 aromatic rings. The average Bonchev–Trinajstić information content (AvgIpc) is 3.17. The average molecular weight is 467 g/mol. The molecule has 2 fully saturated rings. The quantitative estimate of drug-likeness (QED) is 0.634. The van der Waals surface area contributed by atoms with Crippen LogP contribution in [-0.2, 0) is 34.0 Å². The molecular formula is C25H27FN4O4. The van der Waals surface area contributed by atoms with Crippen LogP contribution in [0, 0.1) is 5.82 Å². The highest BCUT2D eigenvalue weighted by Gasteiger charge is 2.39. The van der Waals surface area contributed by atoms with Gasteiger partial charge in [-0.3, -0.25) is 24.6 Å². The molecule has 3 heterocycles. The van der Waals surface area contributed by atoms with Crippen LogP contribution in [0.3, 0.4) is 0 Å². The molecule has 0 aromatic heterocycles. The van der Waals surface area contributed by atoms with Crippen LogP contribution in [0.15, 0.2) is 36.4 Å². The summed E-state index contributed by atoms with van der Waals surface area (Å²) in [4.78, 5) is 40.6. The van der Waals surface area contributed by atoms with Crippen molar-refractivity contribution in [2.24, 2.45) is 0 Å². The van der Waals surface area contributed by atoms with E-state index in [4.69, 9.17) is 4.74 Å². The summed E-state index contributed by atoms with van der Waals surface area (Å²) >= 11 is 0. The van der Waals surface area contributed by atoms with Gasteiger partial charge in [-0.15, -0.1) is 0 Å². The van der Waals surface area contributed by atoms with Crippen molar-refractivity contribution in [2.45, 2.75) is 38.5 Å². The number of ether oxygens (including phenoxy) is 1. The zero-order valence-electron chi connectivity index (χ0n) is 18.8. The van der Waals surface area contributed by atoms with Gasteiger partial charge >= 0.3 is 0 Å². The van der Waals surface area contributed by atoms with E-state index in [0.29, 0.717) is 30.8 Å². The number of halogens is 1. The minimum absolute atomic E-state index is 0.210. The maximum Gasteiger partial charge on any atom is 0.255 e. The maximum atomic E-state index is 14.6. The Kier molecular flexibility index (Phi) is 6.30. The van der Waals surface area contributed by atoms with Crippen LogP contribution in [0.25, 0.3) is 0 Å². The maximum absolute atomic E-state index is 14.6. The van der Waals surface area contributed by atoms with Gasteiger partial charge in [-0.25, -0.2) is 4.39 Å². The Balaban J connectivity index is 1.29. The summed E-state index contributed by atoms with van der Waals surface area (Å²) in [7, 11) is 0. The fourth-order valence-electron chi connectivity index (χ4n) is 4.82. The van der Waals surface area contributed by atoms with Crippen LogP contribution < -0.4 is 10.6 Å². The molecule has 3 aliphatic heterocycles. The van der Waals surface area contributed by atoms with Crippen molar-refractivity contribution in [1.29, 1.82) is 0 Å². The Morgan fingerprint density at radius 2 is 1.94 bits per heavy atom. The smallest absolute Gasteiger partial charge is 0.255 e. The molecule has 1 atom stereocenters. The molecule has 178 valence electrons. The van der Waals surface area contributed by atoms with Crippen molar-refractivity contribution in [3.8, 4) is 0 Å². The van der Waals surface area contributed by atoms with Crippen LogP contribution in [0.2, 0.25) is 0 Å². The number of morpholine rings is 1. The first kappa shape index (κ1) is 22.5. The second-order valence-electron chi connectivity index (χ2n) is 8.90. The number of hydrogen-bond donors (Lipinski definition) is 2. The minimum atomic E-state index is -0.667. The predicted octanol–water partition coefficient (Wildman–Crippen LogP) is 2.03. The first-order valence-corrected chi connectivity index (χ1v) is 11.6. The molecule has 2 saturated heterocycles. The fraction of sp³-hybridized carbons (Fsp3) is 0.400. The third kappa shape index (κ3) is 4.53. The van der Waals surface area contributed by atoms with Crippen molar-refractivity contribution in [2.75, 3.05) is 31.6 Å². The highest BCUT2D eigenvalue weighted by atomic mass is 19.1. The molecule has 0 spiro atoms. The summed E-state index contributed by atoms with van der Waals surface area (Å²) in [5.74, 6) is -1.27. The van der Waals surface area contributed by atoms with E-state index in [-0.39, 0.29) is 37.1 Å². The lowest BCUT2D eigenvalue weighted by Gasteiger charge is -2.29. The van der Waals surface area contributed by atoms with E-state index in [1.807, 2.05) is 18.2 Å². The molecule has 9 heteroatoms. The largest absolute Gasteiger partial charge is 0.381 e. The van der Waals surface area contributed by atoms with Crippen LogP contribution in [0.5, 0.6) is 0 Å². The zero-order chi connectivity index (χ0) is 23.7. The van der Waals surface area contributed by atoms with Crippen molar-refractivity contribution in [1.82, 2.24) is 15.1 Å². The summed E-state index contributed by atoms with van der Waals surface area (Å²) in [5.41, 5.74) is 3.63. The number of nitrogens with zero attached hydrogens (tertiary/aromatic N) is 2. The van der Waals surface area contributed by atoms with E-state index < -0.39 is 11.9 Å². The number of anilines is 1. The lowest BCUT2D eigenvalue weighted by Crippen LogP contribution is -2.52. The van der Waals surface area contributed by atoms with Crippen molar-refractivity contribution in [3.63, 3.8) is 0 Å². The van der Waals surface area contributed by atoms with Gasteiger partial charge in [-0.05, 0) is 36.2 Å². The van der Waals surface area contributed by atoms with E-state index in [9.17, 15) is 18.8 Å². The van der Waals surface area contributed by atoms with Crippen molar-refractivity contribution >= 4 is 23.4 Å². The zero-order valence-corrected chi connectivity index (χ0v) is 18.8. The number of carbonyl (C=O) groups is 3. The van der Waals surface area contributed by atoms with Crippen LogP contribution >= 0.6 is 0 Å². The van der Waals surface area contributed by atoms with Crippen molar-refractivity contribution < 1.29 is 23.5 Å². The lowest BCUT2D eigenvalue weighted by molar-refractivity contribution is -0.136. The molecule has 2 N–H and O–H groups in total. The monoisotopic (exact) mass is 466 g/mol. The molecule has 3 aliphatic rings. The SMILES string of the molecule is O=C1CC[C@@H](N2Cc3c(NCc4cc(CN5CCOCC5)ccc4F)cccc3C2=O)C(=O)N1. The van der Waals surface area contributed by atoms with Gasteiger partial charge in [0.25, 0.3) is 5.91 Å². The topological polar surface area (TPSA) is 91.0 Å². The molecule has 34 heavy (non-hydrogen) atoms. The predicted molar refractivity (Wildman–Crippen MR) is 122 cm³/mol. The first-order chi connectivity index (χ1) is 16.5. The first-order valence-electron chi connectivity index (χ1n) is 11.6. The molecular weight excluding hydrogens is 439 g/mol. The number of benzene rings is 2. The number of piperidine rings is 1. The van der Waals surface area contributed by atoms with Gasteiger partial charge in [-0.1, -0.05) is 12.1 Å². The second-order valence-corrected chi connectivity index (χ2v) is 8.90. The number of imide groups is 1. The van der Waals surface area contributed by atoms with Crippen LogP contribution in [0.4, 0.5) is 10.1 Å². The van der Waals surface area contributed by atoms with Gasteiger partial charge in [0.15, 0.2) is 0 Å². The summed E-state index contributed by atoms with van der Waals surface area (Å²) in [6.45, 7) is 4.42. The summed E-state index contributed by atoms with van der Waals surface area (Å²) in [6.07, 6.45) is 0.524. The van der Waals surface area contributed by atoms with Gasteiger partial charge in [0.2, 0.25) is 11.8 Å². The number of hydrogen-bond acceptors (Lipinski definition) is 6. The fourth-order valence-corrected chi connectivity index (χ4v) is 4.82. The molecule has 5 rings (SSSR count). The Bertz CT molecular complexity index is 1130. The normalized spacial score (nSPS) is 20.9. The van der Waals surface area contributed by atoms with Crippen molar-refractivity contribution in [3.05, 3.63) is 64.5 Å². The summed E-state index contributed by atoms with van der Waals surface area (Å²) in [6, 6.07) is 9.88. The molecule has 2 aromatic carbocycles. The second kappa shape index (κ2) is 9.52. The third-order valence-corrected chi connectivity index (χ3v) is 6.67. The van der Waals surface area contributed by atoms with Gasteiger partial charge in [0, 0.05) is 61.5 Å². The van der Waals surface area contributed by atoms with E-state index in [2.05, 4.69) is 15.5 Å². The molecule has 0 saturated carbocycles. The van der Waals surface area contributed by atoms with Gasteiger partial charge < -0.3 is 15.0 Å². The van der Waals surface area contributed by atoms with Crippen LogP contribution in [0.1, 0.15) is 39.9 Å². The highest BCUT2D eigenvalue weighted by molar-refractivity contribution is 6.06. The Morgan fingerprint density at radius 1 is 1.12 bits per heavy atom. The minimum Gasteiger partial charge on any atom is -0.381 e. The molecule has 0 aliphatic carbocycles. The highest BCUT2D eigenvalue weighted by Crippen LogP contribution is 2.32.